The Bertz CT molecular complexity index is 607. The molecule has 0 bridgehead atoms. The van der Waals surface area contributed by atoms with E-state index in [0.29, 0.717) is 18.1 Å². The molecule has 1 atom stereocenters. The molecule has 2 rings (SSSR count). The van der Waals surface area contributed by atoms with Gasteiger partial charge in [-0.05, 0) is 25.0 Å². The van der Waals surface area contributed by atoms with Crippen molar-refractivity contribution in [1.82, 2.24) is 9.97 Å². The van der Waals surface area contributed by atoms with E-state index >= 15 is 0 Å². The van der Waals surface area contributed by atoms with Crippen molar-refractivity contribution >= 4 is 5.95 Å². The first kappa shape index (κ1) is 14.0. The van der Waals surface area contributed by atoms with Gasteiger partial charge in [-0.3, -0.25) is 0 Å². The van der Waals surface area contributed by atoms with Crippen LogP contribution in [0.25, 0.3) is 0 Å². The minimum Gasteiger partial charge on any atom is -0.394 e. The smallest absolute Gasteiger partial charge is 0.224 e. The van der Waals surface area contributed by atoms with Crippen LogP contribution in [-0.2, 0) is 6.42 Å². The third-order valence-corrected chi connectivity index (χ3v) is 2.85. The number of aliphatic hydroxyl groups is 1. The maximum atomic E-state index is 9.46. The van der Waals surface area contributed by atoms with Gasteiger partial charge in [0.2, 0.25) is 5.95 Å². The van der Waals surface area contributed by atoms with Crippen LogP contribution in [-0.4, -0.2) is 27.7 Å². The lowest BCUT2D eigenvalue weighted by atomic mass is 10.1. The standard InChI is InChI=1S/C15H16N4O/c1-11-7-13(9-16)18-15(17-11)19-14(10-20)8-12-5-3-2-4-6-12/h2-7,14,20H,8,10H2,1H3,(H,17,18,19). The molecule has 0 aliphatic heterocycles. The number of aromatic nitrogens is 2. The summed E-state index contributed by atoms with van der Waals surface area (Å²) in [5.41, 5.74) is 2.15. The Hall–Kier alpha value is -2.45. The van der Waals surface area contributed by atoms with E-state index in [1.54, 1.807) is 13.0 Å². The highest BCUT2D eigenvalue weighted by Gasteiger charge is 2.11. The molecule has 1 aromatic heterocycles. The molecule has 0 fully saturated rings. The van der Waals surface area contributed by atoms with Gasteiger partial charge in [-0.1, -0.05) is 30.3 Å². The highest BCUT2D eigenvalue weighted by molar-refractivity contribution is 5.34. The average molecular weight is 268 g/mol. The monoisotopic (exact) mass is 268 g/mol. The minimum atomic E-state index is -0.189. The second-order valence-electron chi connectivity index (χ2n) is 4.54. The molecule has 0 aliphatic carbocycles. The Kier molecular flexibility index (Phi) is 4.64. The number of nitriles is 1. The zero-order chi connectivity index (χ0) is 14.4. The van der Waals surface area contributed by atoms with Crippen molar-refractivity contribution in [2.24, 2.45) is 0 Å². The van der Waals surface area contributed by atoms with Gasteiger partial charge < -0.3 is 10.4 Å². The van der Waals surface area contributed by atoms with Gasteiger partial charge in [0.1, 0.15) is 11.8 Å². The second kappa shape index (κ2) is 6.64. The predicted molar refractivity (Wildman–Crippen MR) is 76.1 cm³/mol. The van der Waals surface area contributed by atoms with Crippen molar-refractivity contribution < 1.29 is 5.11 Å². The fourth-order valence-electron chi connectivity index (χ4n) is 1.93. The molecular weight excluding hydrogens is 252 g/mol. The molecule has 5 heteroatoms. The summed E-state index contributed by atoms with van der Waals surface area (Å²) in [7, 11) is 0. The third-order valence-electron chi connectivity index (χ3n) is 2.85. The van der Waals surface area contributed by atoms with Gasteiger partial charge in [-0.15, -0.1) is 0 Å². The Morgan fingerprint density at radius 1 is 1.30 bits per heavy atom. The van der Waals surface area contributed by atoms with E-state index in [1.807, 2.05) is 36.4 Å². The van der Waals surface area contributed by atoms with Crippen LogP contribution in [0.15, 0.2) is 36.4 Å². The van der Waals surface area contributed by atoms with Crippen LogP contribution in [0.4, 0.5) is 5.95 Å². The lowest BCUT2D eigenvalue weighted by Crippen LogP contribution is -2.27. The molecule has 5 nitrogen and oxygen atoms in total. The van der Waals surface area contributed by atoms with Gasteiger partial charge in [0.05, 0.1) is 12.6 Å². The van der Waals surface area contributed by atoms with Crippen LogP contribution in [0.3, 0.4) is 0 Å². The van der Waals surface area contributed by atoms with Crippen molar-refractivity contribution in [1.29, 1.82) is 5.26 Å². The van der Waals surface area contributed by atoms with Gasteiger partial charge >= 0.3 is 0 Å². The largest absolute Gasteiger partial charge is 0.394 e. The highest BCUT2D eigenvalue weighted by Crippen LogP contribution is 2.09. The summed E-state index contributed by atoms with van der Waals surface area (Å²) in [4.78, 5) is 8.31. The van der Waals surface area contributed by atoms with Crippen molar-refractivity contribution in [2.45, 2.75) is 19.4 Å². The van der Waals surface area contributed by atoms with Crippen molar-refractivity contribution in [2.75, 3.05) is 11.9 Å². The first-order chi connectivity index (χ1) is 9.71. The number of nitrogens with one attached hydrogen (secondary N) is 1. The molecule has 0 aliphatic rings. The van der Waals surface area contributed by atoms with E-state index in [1.165, 1.54) is 0 Å². The summed E-state index contributed by atoms with van der Waals surface area (Å²) in [5, 5.41) is 21.4. The van der Waals surface area contributed by atoms with Crippen LogP contribution < -0.4 is 5.32 Å². The van der Waals surface area contributed by atoms with E-state index < -0.39 is 0 Å². The molecule has 2 N–H and O–H groups in total. The number of anilines is 1. The Morgan fingerprint density at radius 3 is 2.70 bits per heavy atom. The molecule has 102 valence electrons. The fourth-order valence-corrected chi connectivity index (χ4v) is 1.93. The normalized spacial score (nSPS) is 11.7. The predicted octanol–water partition coefficient (Wildman–Crippen LogP) is 1.67. The highest BCUT2D eigenvalue weighted by atomic mass is 16.3. The van der Waals surface area contributed by atoms with Crippen molar-refractivity contribution in [3.63, 3.8) is 0 Å². The number of aliphatic hydroxyl groups excluding tert-OH is 1. The second-order valence-corrected chi connectivity index (χ2v) is 4.54. The summed E-state index contributed by atoms with van der Waals surface area (Å²) in [5.74, 6) is 0.372. The summed E-state index contributed by atoms with van der Waals surface area (Å²) in [6.07, 6.45) is 0.663. The number of hydrogen-bond donors (Lipinski definition) is 2. The molecule has 0 amide bonds. The quantitative estimate of drug-likeness (QED) is 0.862. The molecule has 1 heterocycles. The van der Waals surface area contributed by atoms with Crippen molar-refractivity contribution in [3.8, 4) is 6.07 Å². The molecule has 0 spiro atoms. The first-order valence-electron chi connectivity index (χ1n) is 6.38. The maximum Gasteiger partial charge on any atom is 0.224 e. The van der Waals surface area contributed by atoms with E-state index in [0.717, 1.165) is 11.3 Å². The van der Waals surface area contributed by atoms with E-state index in [4.69, 9.17) is 5.26 Å². The average Bonchev–Trinajstić information content (AvgIpc) is 2.47. The maximum absolute atomic E-state index is 9.46. The molecule has 0 radical (unpaired) electrons. The van der Waals surface area contributed by atoms with Gasteiger partial charge in [-0.25, -0.2) is 9.97 Å². The molecule has 0 saturated carbocycles. The van der Waals surface area contributed by atoms with Crippen LogP contribution in [0, 0.1) is 18.3 Å². The zero-order valence-electron chi connectivity index (χ0n) is 11.2. The Labute approximate surface area is 117 Å². The number of hydrogen-bond acceptors (Lipinski definition) is 5. The Morgan fingerprint density at radius 2 is 2.05 bits per heavy atom. The number of rotatable bonds is 5. The van der Waals surface area contributed by atoms with E-state index in [2.05, 4.69) is 15.3 Å². The molecule has 20 heavy (non-hydrogen) atoms. The van der Waals surface area contributed by atoms with Crippen molar-refractivity contribution in [3.05, 3.63) is 53.3 Å². The summed E-state index contributed by atoms with van der Waals surface area (Å²) in [6.45, 7) is 1.77. The molecule has 2 aromatic rings. The number of aryl methyl sites for hydroxylation is 1. The van der Waals surface area contributed by atoms with Gasteiger partial charge in [0, 0.05) is 5.69 Å². The summed E-state index contributed by atoms with van der Waals surface area (Å²) >= 11 is 0. The summed E-state index contributed by atoms with van der Waals surface area (Å²) in [6, 6.07) is 13.3. The fraction of sp³-hybridized carbons (Fsp3) is 0.267. The Balaban J connectivity index is 2.10. The molecular formula is C15H16N4O. The minimum absolute atomic E-state index is 0.0336. The van der Waals surface area contributed by atoms with Gasteiger partial charge in [0.15, 0.2) is 0 Å². The van der Waals surface area contributed by atoms with Gasteiger partial charge in [0.25, 0.3) is 0 Å². The van der Waals surface area contributed by atoms with Crippen LogP contribution in [0.2, 0.25) is 0 Å². The molecule has 1 unspecified atom stereocenters. The van der Waals surface area contributed by atoms with E-state index in [9.17, 15) is 5.11 Å². The van der Waals surface area contributed by atoms with Crippen LogP contribution in [0.5, 0.6) is 0 Å². The van der Waals surface area contributed by atoms with E-state index in [-0.39, 0.29) is 12.6 Å². The topological polar surface area (TPSA) is 81.8 Å². The number of nitrogens with zero attached hydrogens (tertiary/aromatic N) is 3. The third kappa shape index (κ3) is 3.77. The lowest BCUT2D eigenvalue weighted by Gasteiger charge is -2.16. The van der Waals surface area contributed by atoms with Crippen LogP contribution >= 0.6 is 0 Å². The van der Waals surface area contributed by atoms with Gasteiger partial charge in [-0.2, -0.15) is 5.26 Å². The molecule has 1 aromatic carbocycles. The zero-order valence-corrected chi connectivity index (χ0v) is 11.2. The molecule has 0 saturated heterocycles. The van der Waals surface area contributed by atoms with Crippen LogP contribution in [0.1, 0.15) is 17.0 Å². The lowest BCUT2D eigenvalue weighted by molar-refractivity contribution is 0.273. The number of benzene rings is 1. The summed E-state index contributed by atoms with van der Waals surface area (Å²) < 4.78 is 0. The first-order valence-corrected chi connectivity index (χ1v) is 6.38. The SMILES string of the molecule is Cc1cc(C#N)nc(NC(CO)Cc2ccccc2)n1.